The van der Waals surface area contributed by atoms with Gasteiger partial charge in [-0.1, -0.05) is 36.4 Å². The second kappa shape index (κ2) is 8.43. The van der Waals surface area contributed by atoms with Crippen molar-refractivity contribution in [3.8, 4) is 0 Å². The summed E-state index contributed by atoms with van der Waals surface area (Å²) in [7, 11) is 0. The standard InChI is InChI=1S/C29H21N5O/c30-29-26-17-24-12-10-22(33-24)15-20-8-7-19(31-20)14-21-9-11-23(32-21)16-25(34-26)28(29)27(35)13-6-18-4-2-1-3-5-18/h1-17,31,35H,30H2. The van der Waals surface area contributed by atoms with E-state index < -0.39 is 0 Å². The average molecular weight is 456 g/mol. The number of hydrogen-bond donors (Lipinski definition) is 3. The van der Waals surface area contributed by atoms with Gasteiger partial charge in [-0.25, -0.2) is 15.0 Å². The Balaban J connectivity index is 1.50. The lowest BCUT2D eigenvalue weighted by Gasteiger charge is -2.04. The summed E-state index contributed by atoms with van der Waals surface area (Å²) in [5, 5.41) is 12.9. The van der Waals surface area contributed by atoms with E-state index in [0.717, 1.165) is 39.1 Å². The van der Waals surface area contributed by atoms with Gasteiger partial charge in [-0.15, -0.1) is 0 Å². The predicted molar refractivity (Wildman–Crippen MR) is 142 cm³/mol. The molecule has 4 N–H and O–H groups in total. The van der Waals surface area contributed by atoms with Crippen LogP contribution >= 0.6 is 0 Å². The van der Waals surface area contributed by atoms with Crippen LogP contribution in [0.25, 0.3) is 18.2 Å². The van der Waals surface area contributed by atoms with Crippen molar-refractivity contribution in [3.05, 3.63) is 135 Å². The summed E-state index contributed by atoms with van der Waals surface area (Å²) in [4.78, 5) is 17.5. The fraction of sp³-hybridized carbons (Fsp3) is 0. The molecule has 0 aliphatic carbocycles. The van der Waals surface area contributed by atoms with E-state index in [4.69, 9.17) is 10.7 Å². The highest BCUT2D eigenvalue weighted by Gasteiger charge is 2.24. The van der Waals surface area contributed by atoms with E-state index in [1.165, 1.54) is 0 Å². The molecule has 4 aliphatic rings. The Morgan fingerprint density at radius 3 is 2.11 bits per heavy atom. The van der Waals surface area contributed by atoms with E-state index >= 15 is 0 Å². The van der Waals surface area contributed by atoms with Crippen LogP contribution in [0.5, 0.6) is 0 Å². The lowest BCUT2D eigenvalue weighted by atomic mass is 10.0. The third-order valence-electron chi connectivity index (χ3n) is 5.80. The maximum atomic E-state index is 11.0. The molecule has 6 nitrogen and oxygen atoms in total. The van der Waals surface area contributed by atoms with Crippen molar-refractivity contribution in [3.63, 3.8) is 0 Å². The number of aliphatic hydroxyl groups is 1. The largest absolute Gasteiger partial charge is 0.507 e. The Hall–Kier alpha value is -4.97. The fourth-order valence-electron chi connectivity index (χ4n) is 4.13. The zero-order valence-corrected chi connectivity index (χ0v) is 18.7. The Labute approximate surface area is 201 Å². The molecule has 6 heteroatoms. The first-order valence-electron chi connectivity index (χ1n) is 11.2. The van der Waals surface area contributed by atoms with Gasteiger partial charge < -0.3 is 15.8 Å². The highest BCUT2D eigenvalue weighted by Crippen LogP contribution is 2.29. The number of hydrogen-bond acceptors (Lipinski definition) is 5. The number of H-pyrrole nitrogens is 1. The monoisotopic (exact) mass is 455 g/mol. The Morgan fingerprint density at radius 1 is 0.771 bits per heavy atom. The molecule has 0 saturated carbocycles. The van der Waals surface area contributed by atoms with Crippen molar-refractivity contribution in [1.82, 2.24) is 4.98 Å². The first kappa shape index (κ1) is 20.6. The van der Waals surface area contributed by atoms with E-state index in [9.17, 15) is 5.11 Å². The molecule has 168 valence electrons. The van der Waals surface area contributed by atoms with Crippen molar-refractivity contribution in [2.24, 2.45) is 20.7 Å². The normalized spacial score (nSPS) is 19.7. The van der Waals surface area contributed by atoms with Crippen LogP contribution in [-0.2, 0) is 0 Å². The summed E-state index contributed by atoms with van der Waals surface area (Å²) in [6, 6.07) is 13.8. The maximum absolute atomic E-state index is 11.0. The van der Waals surface area contributed by atoms with E-state index in [1.807, 2.05) is 97.1 Å². The number of allylic oxidation sites excluding steroid dienone is 8. The van der Waals surface area contributed by atoms with E-state index in [1.54, 1.807) is 6.08 Å². The van der Waals surface area contributed by atoms with Gasteiger partial charge in [0.1, 0.15) is 5.76 Å². The molecule has 6 rings (SSSR count). The molecule has 0 unspecified atom stereocenters. The van der Waals surface area contributed by atoms with Gasteiger partial charge in [0.05, 0.1) is 45.5 Å². The van der Waals surface area contributed by atoms with Gasteiger partial charge in [0.15, 0.2) is 0 Å². The fourth-order valence-corrected chi connectivity index (χ4v) is 4.13. The van der Waals surface area contributed by atoms with Crippen LogP contribution in [0.2, 0.25) is 0 Å². The molecule has 0 atom stereocenters. The number of aromatic amines is 1. The van der Waals surface area contributed by atoms with Crippen molar-refractivity contribution in [1.29, 1.82) is 0 Å². The smallest absolute Gasteiger partial charge is 0.127 e. The quantitative estimate of drug-likeness (QED) is 0.604. The number of nitrogens with zero attached hydrogens (tertiary/aromatic N) is 3. The molecule has 0 amide bonds. The Kier molecular flexibility index (Phi) is 4.96. The summed E-state index contributed by atoms with van der Waals surface area (Å²) in [5.74, 6) is 0.0316. The van der Waals surface area contributed by atoms with Crippen LogP contribution < -0.4 is 16.4 Å². The summed E-state index contributed by atoms with van der Waals surface area (Å²) < 4.78 is 0. The molecule has 35 heavy (non-hydrogen) atoms. The summed E-state index contributed by atoms with van der Waals surface area (Å²) in [6.07, 6.45) is 18.8. The number of benzene rings is 1. The highest BCUT2D eigenvalue weighted by atomic mass is 16.3. The third kappa shape index (κ3) is 4.20. The minimum Gasteiger partial charge on any atom is -0.507 e. The number of aliphatic hydroxyl groups excluding tert-OH is 1. The molecule has 0 spiro atoms. The number of aromatic nitrogens is 1. The maximum Gasteiger partial charge on any atom is 0.127 e. The van der Waals surface area contributed by atoms with Gasteiger partial charge >= 0.3 is 0 Å². The lowest BCUT2D eigenvalue weighted by Crippen LogP contribution is -2.12. The van der Waals surface area contributed by atoms with Crippen LogP contribution in [0, 0.1) is 0 Å². The van der Waals surface area contributed by atoms with Crippen molar-refractivity contribution < 1.29 is 5.11 Å². The number of rotatable bonds is 2. The van der Waals surface area contributed by atoms with Crippen LogP contribution in [0.15, 0.2) is 134 Å². The topological polar surface area (TPSA) is 99.1 Å². The van der Waals surface area contributed by atoms with E-state index in [0.29, 0.717) is 22.7 Å². The Morgan fingerprint density at radius 2 is 1.43 bits per heavy atom. The molecular formula is C29H21N5O. The molecule has 1 aromatic heterocycles. The highest BCUT2D eigenvalue weighted by molar-refractivity contribution is 6.21. The zero-order chi connectivity index (χ0) is 23.8. The van der Waals surface area contributed by atoms with Gasteiger partial charge in [0.2, 0.25) is 0 Å². The Bertz CT molecular complexity index is 1680. The van der Waals surface area contributed by atoms with E-state index in [2.05, 4.69) is 15.0 Å². The van der Waals surface area contributed by atoms with Gasteiger partial charge in [-0.3, -0.25) is 0 Å². The zero-order valence-electron chi connectivity index (χ0n) is 18.7. The molecule has 0 saturated heterocycles. The summed E-state index contributed by atoms with van der Waals surface area (Å²) >= 11 is 0. The SMILES string of the molecule is NC1=C2C=C3C=CC(=N3)C=c3ccc([nH]3)=CC3=NC(=CC(=N2)C1=C(O)C=Cc1ccccc1)C=C3. The van der Waals surface area contributed by atoms with Gasteiger partial charge in [-0.2, -0.15) is 0 Å². The van der Waals surface area contributed by atoms with Gasteiger partial charge in [0, 0.05) is 10.7 Å². The number of nitrogens with one attached hydrogen (secondary N) is 1. The lowest BCUT2D eigenvalue weighted by molar-refractivity contribution is 0.430. The van der Waals surface area contributed by atoms with Crippen LogP contribution in [-0.4, -0.2) is 27.2 Å². The molecule has 4 aliphatic heterocycles. The van der Waals surface area contributed by atoms with E-state index in [-0.39, 0.29) is 5.76 Å². The molecule has 2 aromatic rings. The first-order valence-corrected chi connectivity index (χ1v) is 11.2. The molecular weight excluding hydrogens is 434 g/mol. The van der Waals surface area contributed by atoms with Gasteiger partial charge in [0.25, 0.3) is 0 Å². The summed E-state index contributed by atoms with van der Waals surface area (Å²) in [6.45, 7) is 0. The number of aliphatic imine (C=N–C) groups is 3. The molecule has 8 bridgehead atoms. The van der Waals surface area contributed by atoms with Crippen molar-refractivity contribution in [2.75, 3.05) is 0 Å². The molecule has 0 radical (unpaired) electrons. The second-order valence-corrected chi connectivity index (χ2v) is 8.34. The van der Waals surface area contributed by atoms with Crippen LogP contribution in [0.1, 0.15) is 5.56 Å². The van der Waals surface area contributed by atoms with Gasteiger partial charge in [-0.05, 0) is 72.4 Å². The summed E-state index contributed by atoms with van der Waals surface area (Å²) in [5.41, 5.74) is 12.5. The first-order chi connectivity index (χ1) is 17.1. The molecule has 5 heterocycles. The van der Waals surface area contributed by atoms with Crippen molar-refractivity contribution >= 4 is 35.4 Å². The van der Waals surface area contributed by atoms with Crippen LogP contribution in [0.4, 0.5) is 0 Å². The number of nitrogens with two attached hydrogens (primary N) is 1. The molecule has 0 fully saturated rings. The minimum atomic E-state index is 0.0316. The minimum absolute atomic E-state index is 0.0316. The number of fused-ring (bicyclic) bond motifs is 5. The second-order valence-electron chi connectivity index (χ2n) is 8.34. The van der Waals surface area contributed by atoms with Crippen LogP contribution in [0.3, 0.4) is 0 Å². The average Bonchev–Trinajstić information content (AvgIpc) is 3.64. The van der Waals surface area contributed by atoms with Crippen molar-refractivity contribution in [2.45, 2.75) is 0 Å². The predicted octanol–water partition coefficient (Wildman–Crippen LogP) is 3.53. The third-order valence-corrected chi connectivity index (χ3v) is 5.80. The molecule has 1 aromatic carbocycles.